The van der Waals surface area contributed by atoms with Gasteiger partial charge >= 0.3 is 5.97 Å². The van der Waals surface area contributed by atoms with Crippen molar-refractivity contribution in [3.63, 3.8) is 0 Å². The first kappa shape index (κ1) is 19.8. The number of hydrogen-bond acceptors (Lipinski definition) is 3. The monoisotopic (exact) mass is 412 g/mol. The zero-order valence-corrected chi connectivity index (χ0v) is 18.0. The van der Waals surface area contributed by atoms with Crippen molar-refractivity contribution in [2.45, 2.75) is 78.2 Å². The van der Waals surface area contributed by atoms with Crippen molar-refractivity contribution in [2.24, 2.45) is 34.5 Å². The summed E-state index contributed by atoms with van der Waals surface area (Å²) in [7, 11) is 0. The molecule has 150 valence electrons. The highest BCUT2D eigenvalue weighted by atomic mass is 35.5. The third-order valence-electron chi connectivity index (χ3n) is 8.74. The smallest absolute Gasteiger partial charge is 0.302 e. The minimum atomic E-state index is -0.210. The number of hydrogen-bond donors (Lipinski definition) is 0. The summed E-state index contributed by atoms with van der Waals surface area (Å²) in [6.45, 7) is 6.07. The average molecular weight is 413 g/mol. The molecular weight excluding hydrogens is 383 g/mol. The number of Topliss-reactive ketones (excluding diaryl/α,β-unsaturated/α-hetero) is 1. The summed E-state index contributed by atoms with van der Waals surface area (Å²) in [6, 6.07) is 0. The second-order valence-electron chi connectivity index (χ2n) is 9.85. The Balaban J connectivity index is 1.69. The van der Waals surface area contributed by atoms with Crippen molar-refractivity contribution in [3.8, 4) is 0 Å². The Morgan fingerprint density at radius 3 is 2.52 bits per heavy atom. The van der Waals surface area contributed by atoms with Gasteiger partial charge in [0.1, 0.15) is 16.4 Å². The number of esters is 1. The van der Waals surface area contributed by atoms with Gasteiger partial charge in [0.05, 0.1) is 0 Å². The molecule has 4 aliphatic carbocycles. The van der Waals surface area contributed by atoms with Gasteiger partial charge in [0, 0.05) is 18.8 Å². The number of halogens is 2. The van der Waals surface area contributed by atoms with E-state index in [9.17, 15) is 9.59 Å². The molecule has 27 heavy (non-hydrogen) atoms. The van der Waals surface area contributed by atoms with Gasteiger partial charge in [-0.1, -0.05) is 37.0 Å². The summed E-state index contributed by atoms with van der Waals surface area (Å²) in [5, 5.41) is 0. The maximum absolute atomic E-state index is 12.6. The molecule has 5 heteroatoms. The summed E-state index contributed by atoms with van der Waals surface area (Å²) in [5.74, 6) is 2.06. The van der Waals surface area contributed by atoms with Crippen LogP contribution < -0.4 is 0 Å². The van der Waals surface area contributed by atoms with Gasteiger partial charge in [0.2, 0.25) is 0 Å². The minimum absolute atomic E-state index is 0.0401. The van der Waals surface area contributed by atoms with Crippen LogP contribution in [0.5, 0.6) is 0 Å². The van der Waals surface area contributed by atoms with Crippen LogP contribution in [0.15, 0.2) is 10.1 Å². The molecule has 0 saturated heterocycles. The topological polar surface area (TPSA) is 43.4 Å². The number of ketones is 1. The first-order valence-electron chi connectivity index (χ1n) is 10.4. The van der Waals surface area contributed by atoms with Crippen LogP contribution in [0.4, 0.5) is 0 Å². The maximum Gasteiger partial charge on any atom is 0.302 e. The Morgan fingerprint density at radius 2 is 1.85 bits per heavy atom. The number of carbonyl (C=O) groups is 2. The summed E-state index contributed by atoms with van der Waals surface area (Å²) in [5.41, 5.74) is 1.11. The van der Waals surface area contributed by atoms with E-state index in [0.29, 0.717) is 28.0 Å². The fourth-order valence-corrected chi connectivity index (χ4v) is 7.81. The quantitative estimate of drug-likeness (QED) is 0.508. The van der Waals surface area contributed by atoms with Crippen molar-refractivity contribution in [3.05, 3.63) is 10.1 Å². The standard InChI is InChI=1S/C22H30Cl2O3/c1-12(25)27-13-6-8-21(2)17-7-9-22(3)16(4-5-19(22)26)14(17)11-15(20(23)24)18(21)10-13/h13-14,16-18H,4-11H2,1-3H3/t13-,14-,16-,17-,18-,21+,22-/m0/s1. The molecule has 4 rings (SSSR count). The highest BCUT2D eigenvalue weighted by Gasteiger charge is 2.61. The van der Waals surface area contributed by atoms with E-state index in [0.717, 1.165) is 56.9 Å². The first-order valence-corrected chi connectivity index (χ1v) is 11.2. The molecule has 3 nitrogen and oxygen atoms in total. The van der Waals surface area contributed by atoms with Crippen LogP contribution in [0.1, 0.15) is 72.1 Å². The fraction of sp³-hybridized carbons (Fsp3) is 0.818. The zero-order valence-electron chi connectivity index (χ0n) is 16.5. The van der Waals surface area contributed by atoms with E-state index < -0.39 is 0 Å². The van der Waals surface area contributed by atoms with E-state index >= 15 is 0 Å². The van der Waals surface area contributed by atoms with Gasteiger partial charge in [-0.3, -0.25) is 9.59 Å². The van der Waals surface area contributed by atoms with Crippen LogP contribution in [-0.2, 0) is 14.3 Å². The summed E-state index contributed by atoms with van der Waals surface area (Å²) < 4.78 is 5.95. The molecule has 7 atom stereocenters. The Kier molecular flexibility index (Phi) is 4.95. The number of fused-ring (bicyclic) bond motifs is 5. The van der Waals surface area contributed by atoms with Crippen LogP contribution in [0.3, 0.4) is 0 Å². The molecule has 0 bridgehead atoms. The molecule has 4 aliphatic rings. The van der Waals surface area contributed by atoms with Gasteiger partial charge in [-0.2, -0.15) is 0 Å². The fourth-order valence-electron chi connectivity index (χ4n) is 7.39. The van der Waals surface area contributed by atoms with Crippen LogP contribution in [0.25, 0.3) is 0 Å². The number of carbonyl (C=O) groups excluding carboxylic acids is 2. The lowest BCUT2D eigenvalue weighted by molar-refractivity contribution is -0.155. The maximum atomic E-state index is 12.6. The Bertz CT molecular complexity index is 698. The Hall–Kier alpha value is -0.540. The van der Waals surface area contributed by atoms with E-state index in [1.807, 2.05) is 0 Å². The summed E-state index contributed by atoms with van der Waals surface area (Å²) in [4.78, 5) is 24.1. The normalized spacial score (nSPS) is 46.3. The van der Waals surface area contributed by atoms with E-state index in [-0.39, 0.29) is 28.8 Å². The van der Waals surface area contributed by atoms with Crippen molar-refractivity contribution in [2.75, 3.05) is 0 Å². The van der Waals surface area contributed by atoms with Gasteiger partial charge in [0.25, 0.3) is 0 Å². The summed E-state index contributed by atoms with van der Waals surface area (Å²) >= 11 is 12.8. The molecule has 0 aromatic rings. The lowest BCUT2D eigenvalue weighted by Crippen LogP contribution is -2.55. The van der Waals surface area contributed by atoms with Gasteiger partial charge in [-0.15, -0.1) is 0 Å². The minimum Gasteiger partial charge on any atom is -0.463 e. The van der Waals surface area contributed by atoms with Crippen molar-refractivity contribution in [1.82, 2.24) is 0 Å². The Morgan fingerprint density at radius 1 is 1.11 bits per heavy atom. The van der Waals surface area contributed by atoms with Crippen LogP contribution in [0.2, 0.25) is 0 Å². The number of ether oxygens (including phenoxy) is 1. The van der Waals surface area contributed by atoms with Crippen LogP contribution in [0, 0.1) is 34.5 Å². The highest BCUT2D eigenvalue weighted by molar-refractivity contribution is 6.56. The van der Waals surface area contributed by atoms with Crippen LogP contribution >= 0.6 is 23.2 Å². The highest BCUT2D eigenvalue weighted by Crippen LogP contribution is 2.67. The lowest BCUT2D eigenvalue weighted by Gasteiger charge is -2.60. The molecule has 4 fully saturated rings. The summed E-state index contributed by atoms with van der Waals surface area (Å²) in [6.07, 6.45) is 7.48. The van der Waals surface area contributed by atoms with E-state index in [4.69, 9.17) is 27.9 Å². The molecule has 0 N–H and O–H groups in total. The van der Waals surface area contributed by atoms with Gasteiger partial charge < -0.3 is 4.74 Å². The molecule has 0 aromatic carbocycles. The molecule has 0 heterocycles. The number of rotatable bonds is 1. The molecule has 0 unspecified atom stereocenters. The molecule has 0 spiro atoms. The van der Waals surface area contributed by atoms with Crippen LogP contribution in [-0.4, -0.2) is 17.9 Å². The van der Waals surface area contributed by atoms with Crippen molar-refractivity contribution < 1.29 is 14.3 Å². The van der Waals surface area contributed by atoms with E-state index in [1.54, 1.807) is 0 Å². The van der Waals surface area contributed by atoms with Gasteiger partial charge in [-0.05, 0) is 79.6 Å². The molecule has 0 aromatic heterocycles. The lowest BCUT2D eigenvalue weighted by atomic mass is 9.44. The van der Waals surface area contributed by atoms with Gasteiger partial charge in [0.15, 0.2) is 0 Å². The zero-order chi connectivity index (χ0) is 19.6. The third-order valence-corrected chi connectivity index (χ3v) is 9.23. The van der Waals surface area contributed by atoms with E-state index in [1.165, 1.54) is 6.92 Å². The predicted octanol–water partition coefficient (Wildman–Crippen LogP) is 5.83. The molecule has 0 aliphatic heterocycles. The third kappa shape index (κ3) is 2.99. The molecular formula is C22H30Cl2O3. The number of allylic oxidation sites excluding steroid dienone is 1. The molecule has 0 radical (unpaired) electrons. The van der Waals surface area contributed by atoms with Crippen molar-refractivity contribution >= 4 is 35.0 Å². The van der Waals surface area contributed by atoms with E-state index in [2.05, 4.69) is 13.8 Å². The second kappa shape index (κ2) is 6.76. The Labute approximate surface area is 172 Å². The largest absolute Gasteiger partial charge is 0.463 e. The molecule has 0 amide bonds. The predicted molar refractivity (Wildman–Crippen MR) is 106 cm³/mol. The first-order chi connectivity index (χ1) is 12.7. The second-order valence-corrected chi connectivity index (χ2v) is 10.8. The van der Waals surface area contributed by atoms with Crippen molar-refractivity contribution in [1.29, 1.82) is 0 Å². The van der Waals surface area contributed by atoms with Gasteiger partial charge in [-0.25, -0.2) is 0 Å². The average Bonchev–Trinajstić information content (AvgIpc) is 2.89. The molecule has 4 saturated carbocycles. The SMILES string of the molecule is CC(=O)O[C@H]1CC[C@@]2(C)[C@@H](C1)C(=C(Cl)Cl)C[C@@H]1[C@@H]2CC[C@]2(C)C(=O)CC[C@@H]12.